The van der Waals surface area contributed by atoms with Crippen molar-refractivity contribution in [3.63, 3.8) is 0 Å². The Morgan fingerprint density at radius 1 is 0.583 bits per heavy atom. The Morgan fingerprint density at radius 3 is 1.25 bits per heavy atom. The van der Waals surface area contributed by atoms with Crippen LogP contribution < -0.4 is 0 Å². The van der Waals surface area contributed by atoms with E-state index in [-0.39, 0.29) is 21.9 Å². The number of hydrogen-bond donors (Lipinski definition) is 6. The fourth-order valence-corrected chi connectivity index (χ4v) is 8.01. The fourth-order valence-electron chi connectivity index (χ4n) is 6.27. The van der Waals surface area contributed by atoms with E-state index < -0.39 is 52.9 Å². The molecular formula is C34H26N4O8S2. The van der Waals surface area contributed by atoms with Crippen LogP contribution in [0, 0.1) is 24.9 Å². The minimum Gasteiger partial charge on any atom is -0.505 e. The third-order valence-electron chi connectivity index (χ3n) is 8.27. The summed E-state index contributed by atoms with van der Waals surface area (Å²) < 4.78 is 85.9. The van der Waals surface area contributed by atoms with E-state index in [1.807, 2.05) is 0 Å². The Balaban J connectivity index is 1.56. The normalized spacial score (nSPS) is 13.1. The van der Waals surface area contributed by atoms with Crippen molar-refractivity contribution in [2.75, 3.05) is 0 Å². The predicted octanol–water partition coefficient (Wildman–Crippen LogP) is 8.84. The van der Waals surface area contributed by atoms with E-state index in [2.05, 4.69) is 21.3 Å². The first kappa shape index (κ1) is 29.8. The Kier molecular flexibility index (Phi) is 7.22. The molecule has 0 bridgehead atoms. The summed E-state index contributed by atoms with van der Waals surface area (Å²) in [7, 11) is -9.99. The van der Waals surface area contributed by atoms with E-state index in [0.717, 1.165) is 11.1 Å². The topological polar surface area (TPSA) is 222 Å². The molecule has 0 saturated heterocycles. The first-order valence-corrected chi connectivity index (χ1v) is 17.0. The second kappa shape index (κ2) is 11.6. The molecule has 48 heavy (non-hydrogen) atoms. The molecule has 0 amide bonds. The summed E-state index contributed by atoms with van der Waals surface area (Å²) in [5.41, 5.74) is 8.24. The number of benzene rings is 6. The second-order valence-corrected chi connectivity index (χ2v) is 13.8. The molecule has 0 aliphatic heterocycles. The molecule has 242 valence electrons. The Hall–Kier alpha value is -5.54. The van der Waals surface area contributed by atoms with Gasteiger partial charge >= 0.3 is 0 Å². The molecule has 6 aromatic carbocycles. The molecule has 6 N–H and O–H groups in total. The van der Waals surface area contributed by atoms with Crippen molar-refractivity contribution in [1.82, 2.24) is 0 Å². The molecule has 0 saturated carbocycles. The molecule has 0 spiro atoms. The van der Waals surface area contributed by atoms with Crippen LogP contribution in [0.3, 0.4) is 0 Å². The first-order chi connectivity index (χ1) is 23.7. The van der Waals surface area contributed by atoms with Gasteiger partial charge in [0.2, 0.25) is 2.82 Å². The summed E-state index contributed by atoms with van der Waals surface area (Å²) in [6, 6.07) is 22.9. The lowest BCUT2D eigenvalue weighted by Crippen LogP contribution is -2.03. The number of aryl methyl sites for hydroxylation is 2. The number of fused-ring (bicyclic) bond motifs is 2. The van der Waals surface area contributed by atoms with Crippen LogP contribution in [0.1, 0.15) is 11.1 Å². The van der Waals surface area contributed by atoms with Crippen LogP contribution in [-0.2, 0) is 20.2 Å². The molecule has 0 unspecified atom stereocenters. The molecule has 6 aromatic rings. The number of phenols is 2. The maximum absolute atomic E-state index is 12.7. The van der Waals surface area contributed by atoms with Gasteiger partial charge in [-0.25, -0.2) is 11.0 Å². The number of aromatic hydroxyl groups is 2. The van der Waals surface area contributed by atoms with E-state index in [1.54, 1.807) is 98.8 Å². The van der Waals surface area contributed by atoms with Gasteiger partial charge in [0.1, 0.15) is 21.2 Å². The van der Waals surface area contributed by atoms with E-state index in [9.17, 15) is 36.2 Å². The van der Waals surface area contributed by atoms with E-state index in [0.29, 0.717) is 33.0 Å². The zero-order chi connectivity index (χ0) is 36.1. The minimum atomic E-state index is -5.00. The monoisotopic (exact) mass is 682 g/mol. The van der Waals surface area contributed by atoms with Gasteiger partial charge in [-0.2, -0.15) is 27.1 Å². The van der Waals surface area contributed by atoms with Crippen molar-refractivity contribution in [3.8, 4) is 44.9 Å². The minimum absolute atomic E-state index is 0.0441. The van der Waals surface area contributed by atoms with Crippen molar-refractivity contribution < 1.29 is 39.0 Å². The lowest BCUT2D eigenvalue weighted by Gasteiger charge is -2.18. The zero-order valence-corrected chi connectivity index (χ0v) is 26.7. The van der Waals surface area contributed by atoms with Gasteiger partial charge in [-0.1, -0.05) is 84.9 Å². The van der Waals surface area contributed by atoms with E-state index >= 15 is 0 Å². The highest BCUT2D eigenvalue weighted by Crippen LogP contribution is 2.50. The lowest BCUT2D eigenvalue weighted by atomic mass is 9.89. The van der Waals surface area contributed by atoms with Crippen LogP contribution in [0.4, 0.5) is 11.4 Å². The van der Waals surface area contributed by atoms with Gasteiger partial charge in [-0.05, 0) is 58.0 Å². The predicted molar refractivity (Wildman–Crippen MR) is 180 cm³/mol. The molecule has 0 aliphatic carbocycles. The lowest BCUT2D eigenvalue weighted by molar-refractivity contribution is 0.472. The van der Waals surface area contributed by atoms with Crippen molar-refractivity contribution in [1.29, 1.82) is 11.0 Å². The molecule has 0 heterocycles. The van der Waals surface area contributed by atoms with Gasteiger partial charge < -0.3 is 10.2 Å². The quantitative estimate of drug-likeness (QED) is 0.0703. The van der Waals surface area contributed by atoms with E-state index in [1.165, 1.54) is 0 Å². The average molecular weight is 683 g/mol. The number of nitrogens with zero attached hydrogens (tertiary/aromatic N) is 2. The average Bonchev–Trinajstić information content (AvgIpc) is 3.06. The van der Waals surface area contributed by atoms with Gasteiger partial charge in [0.15, 0.2) is 11.5 Å². The summed E-state index contributed by atoms with van der Waals surface area (Å²) in [5.74, 6) is -1.13. The van der Waals surface area contributed by atoms with Gasteiger partial charge in [0, 0.05) is 21.9 Å². The number of hydrogen-bond acceptors (Lipinski definition) is 10. The SMILES string of the molecule is [H]/N=N/c1c(S(=O)(=O)O)c(-c2ccc(-c3ccc(-c4c(S(=O)(=O)O)c(/N=N/[H])c(O)c5ccccc45)cc3C)c(C)c2)c2ccccc2c1O. The first-order valence-electron chi connectivity index (χ1n) is 15.0. The van der Waals surface area contributed by atoms with E-state index in [4.69, 9.17) is 2.82 Å². The second-order valence-electron chi connectivity index (χ2n) is 11.1. The van der Waals surface area contributed by atoms with Crippen LogP contribution in [-0.4, -0.2) is 36.2 Å². The summed E-state index contributed by atoms with van der Waals surface area (Å²) in [5, 5.41) is 29.8. The zero-order valence-electron chi connectivity index (χ0n) is 27.1. The van der Waals surface area contributed by atoms with Crippen molar-refractivity contribution in [3.05, 3.63) is 96.1 Å². The Bertz CT molecular complexity index is 2500. The largest absolute Gasteiger partial charge is 0.505 e. The van der Waals surface area contributed by atoms with Crippen LogP contribution in [0.25, 0.3) is 54.9 Å². The van der Waals surface area contributed by atoms with Gasteiger partial charge in [0.25, 0.3) is 20.2 Å². The maximum Gasteiger partial charge on any atom is 0.297 e. The van der Waals surface area contributed by atoms with Crippen LogP contribution in [0.2, 0.25) is 2.82 Å². The van der Waals surface area contributed by atoms with Crippen molar-refractivity contribution in [2.24, 2.45) is 10.2 Å². The molecule has 0 aliphatic rings. The van der Waals surface area contributed by atoms with Crippen LogP contribution in [0.15, 0.2) is 105 Å². The maximum atomic E-state index is 12.7. The molecule has 6 rings (SSSR count). The number of phenolic OH excluding ortho intramolecular Hbond substituents is 2. The smallest absolute Gasteiger partial charge is 0.297 e. The third kappa shape index (κ3) is 5.16. The standard InChI is InChI=1S/C34H26N4O8S2/c1-17-15-19(27-23-7-3-5-9-25(23)31(39)29(37-35)33(27)47(41,42)43)11-13-21(17)22-14-12-20(16-18(22)2)28-24-8-4-6-10-26(24)32(40)30(38-36)34(28)48(44,45)46/h3-16,35-36,39-40H,1-2H3,(H,41,42,43)(H,44,45,46)/b37-35+,38-36+. The van der Waals surface area contributed by atoms with Crippen LogP contribution in [0.5, 0.6) is 11.5 Å². The number of nitrogens with one attached hydrogen (secondary N) is 2. The van der Waals surface area contributed by atoms with Crippen molar-refractivity contribution in [2.45, 2.75) is 23.6 Å². The molecule has 14 heteroatoms. The highest BCUT2D eigenvalue weighted by molar-refractivity contribution is 7.86. The molecule has 0 aromatic heterocycles. The summed E-state index contributed by atoms with van der Waals surface area (Å²) >= 11 is 0. The highest BCUT2D eigenvalue weighted by atomic mass is 32.2. The molecule has 12 nitrogen and oxygen atoms in total. The van der Waals surface area contributed by atoms with Gasteiger partial charge in [0.05, 0.1) is 0 Å². The van der Waals surface area contributed by atoms with Crippen molar-refractivity contribution >= 4 is 53.2 Å². The molecule has 0 radical (unpaired) electrons. The molecular weight excluding hydrogens is 657 g/mol. The number of rotatable bonds is 7. The van der Waals surface area contributed by atoms with Gasteiger partial charge in [-0.15, -0.1) is 0 Å². The van der Waals surface area contributed by atoms with Crippen LogP contribution >= 0.6 is 0 Å². The summed E-state index contributed by atoms with van der Waals surface area (Å²) in [6.45, 7) is 3.57. The fraction of sp³-hybridized carbons (Fsp3) is 0.0588. The summed E-state index contributed by atoms with van der Waals surface area (Å²) in [6.07, 6.45) is 0. The third-order valence-corrected chi connectivity index (χ3v) is 10.1. The highest BCUT2D eigenvalue weighted by Gasteiger charge is 2.30. The summed E-state index contributed by atoms with van der Waals surface area (Å²) in [4.78, 5) is -1.42. The Morgan fingerprint density at radius 2 is 0.938 bits per heavy atom. The molecule has 0 atom stereocenters. The molecule has 0 fully saturated rings. The van der Waals surface area contributed by atoms with Gasteiger partial charge in [-0.3, -0.25) is 9.11 Å². The Labute approximate surface area is 277 Å².